The first-order valence-corrected chi connectivity index (χ1v) is 14.0. The van der Waals surface area contributed by atoms with Crippen molar-refractivity contribution in [1.29, 1.82) is 0 Å². The zero-order valence-corrected chi connectivity index (χ0v) is 23.1. The fraction of sp³-hybridized carbons (Fsp3) is 0.355. The van der Waals surface area contributed by atoms with Gasteiger partial charge in [-0.05, 0) is 66.8 Å². The molecule has 0 aliphatic carbocycles. The van der Waals surface area contributed by atoms with Crippen LogP contribution < -0.4 is 14.8 Å². The summed E-state index contributed by atoms with van der Waals surface area (Å²) in [7, 11) is 0. The first-order chi connectivity index (χ1) is 19.4. The lowest BCUT2D eigenvalue weighted by Gasteiger charge is -2.38. The largest absolute Gasteiger partial charge is 0.487 e. The molecule has 0 unspecified atom stereocenters. The molecular formula is C31H34ClN3O5. The molecule has 1 aromatic heterocycles. The van der Waals surface area contributed by atoms with Crippen LogP contribution in [0, 0.1) is 0 Å². The predicted molar refractivity (Wildman–Crippen MR) is 153 cm³/mol. The Morgan fingerprint density at radius 3 is 2.73 bits per heavy atom. The van der Waals surface area contributed by atoms with Gasteiger partial charge in [-0.2, -0.15) is 0 Å². The molecule has 2 aromatic carbocycles. The second kappa shape index (κ2) is 12.8. The van der Waals surface area contributed by atoms with Crippen molar-refractivity contribution < 1.29 is 24.5 Å². The van der Waals surface area contributed by atoms with E-state index in [1.165, 1.54) is 0 Å². The van der Waals surface area contributed by atoms with E-state index < -0.39 is 5.60 Å². The maximum absolute atomic E-state index is 12.0. The summed E-state index contributed by atoms with van der Waals surface area (Å²) in [4.78, 5) is 18.9. The Morgan fingerprint density at radius 1 is 1.15 bits per heavy atom. The number of halogens is 1. The minimum atomic E-state index is -0.826. The Balaban J connectivity index is 1.29. The van der Waals surface area contributed by atoms with Crippen LogP contribution in [-0.2, 0) is 17.0 Å². The van der Waals surface area contributed by atoms with Gasteiger partial charge in [-0.15, -0.1) is 0 Å². The maximum atomic E-state index is 12.0. The van der Waals surface area contributed by atoms with Crippen molar-refractivity contribution in [1.82, 2.24) is 15.2 Å². The minimum Gasteiger partial charge on any atom is -0.487 e. The minimum absolute atomic E-state index is 0.121. The summed E-state index contributed by atoms with van der Waals surface area (Å²) in [6.45, 7) is 2.74. The van der Waals surface area contributed by atoms with E-state index in [1.807, 2.05) is 42.5 Å². The van der Waals surface area contributed by atoms with Gasteiger partial charge in [-0.3, -0.25) is 9.78 Å². The number of aliphatic hydroxyl groups is 2. The number of nitrogens with zero attached hydrogens (tertiary/aromatic N) is 2. The molecule has 1 amide bonds. The number of nitrogens with one attached hydrogen (secondary N) is 1. The molecule has 210 valence electrons. The van der Waals surface area contributed by atoms with Crippen LogP contribution in [0.4, 0.5) is 0 Å². The number of rotatable bonds is 9. The lowest BCUT2D eigenvalue weighted by Crippen LogP contribution is -2.42. The van der Waals surface area contributed by atoms with Gasteiger partial charge in [0.1, 0.15) is 18.1 Å². The van der Waals surface area contributed by atoms with Crippen LogP contribution in [0.1, 0.15) is 41.6 Å². The molecule has 0 atom stereocenters. The molecule has 3 aromatic rings. The zero-order chi connectivity index (χ0) is 28.0. The highest BCUT2D eigenvalue weighted by atomic mass is 35.5. The number of hydrogen-bond acceptors (Lipinski definition) is 7. The molecular weight excluding hydrogens is 530 g/mol. The number of benzene rings is 2. The fourth-order valence-electron chi connectivity index (χ4n) is 5.23. The average molecular weight is 564 g/mol. The first-order valence-electron chi connectivity index (χ1n) is 13.6. The highest BCUT2D eigenvalue weighted by molar-refractivity contribution is 6.30. The number of hydrogen-bond donors (Lipinski definition) is 3. The number of ether oxygens (including phenoxy) is 2. The number of aliphatic hydroxyl groups excluding tert-OH is 1. The Labute approximate surface area is 239 Å². The van der Waals surface area contributed by atoms with Crippen molar-refractivity contribution in [3.63, 3.8) is 0 Å². The number of likely N-dealkylation sites (tertiary alicyclic amines) is 1. The second-order valence-electron chi connectivity index (χ2n) is 10.1. The van der Waals surface area contributed by atoms with Crippen LogP contribution >= 0.6 is 11.6 Å². The van der Waals surface area contributed by atoms with E-state index in [0.29, 0.717) is 30.2 Å². The number of aromatic nitrogens is 1. The van der Waals surface area contributed by atoms with Crippen LogP contribution in [0.25, 0.3) is 5.57 Å². The van der Waals surface area contributed by atoms with Gasteiger partial charge in [0.05, 0.1) is 17.9 Å². The van der Waals surface area contributed by atoms with Crippen LogP contribution in [0.5, 0.6) is 11.5 Å². The Kier molecular flexibility index (Phi) is 9.01. The van der Waals surface area contributed by atoms with Crippen LogP contribution in [0.2, 0.25) is 5.02 Å². The Hall–Kier alpha value is -3.43. The van der Waals surface area contributed by atoms with Gasteiger partial charge in [0.2, 0.25) is 0 Å². The quantitative estimate of drug-likeness (QED) is 0.362. The number of carbonyl (C=O) groups is 1. The molecule has 0 spiro atoms. The highest BCUT2D eigenvalue weighted by Crippen LogP contribution is 2.39. The molecule has 8 nitrogen and oxygen atoms in total. The Morgan fingerprint density at radius 2 is 1.95 bits per heavy atom. The molecule has 5 rings (SSSR count). The third-order valence-electron chi connectivity index (χ3n) is 7.45. The maximum Gasteiger partial charge on any atom is 0.258 e. The summed E-state index contributed by atoms with van der Waals surface area (Å²) in [5.41, 5.74) is 3.86. The van der Waals surface area contributed by atoms with E-state index in [4.69, 9.17) is 26.2 Å². The van der Waals surface area contributed by atoms with Gasteiger partial charge in [0.25, 0.3) is 5.91 Å². The number of pyridine rings is 1. The van der Waals surface area contributed by atoms with E-state index in [9.17, 15) is 9.90 Å². The van der Waals surface area contributed by atoms with E-state index >= 15 is 0 Å². The molecule has 0 saturated carbocycles. The van der Waals surface area contributed by atoms with E-state index in [1.54, 1.807) is 12.3 Å². The zero-order valence-electron chi connectivity index (χ0n) is 22.3. The lowest BCUT2D eigenvalue weighted by atomic mass is 9.84. The molecule has 40 heavy (non-hydrogen) atoms. The summed E-state index contributed by atoms with van der Waals surface area (Å²) in [5.74, 6) is 0.986. The second-order valence-corrected chi connectivity index (χ2v) is 10.5. The summed E-state index contributed by atoms with van der Waals surface area (Å²) in [6.07, 6.45) is 6.12. The molecule has 1 saturated heterocycles. The number of carbonyl (C=O) groups excluding carboxylic acids is 1. The topological polar surface area (TPSA) is 104 Å². The number of fused-ring (bicyclic) bond motifs is 2. The molecule has 0 bridgehead atoms. The summed E-state index contributed by atoms with van der Waals surface area (Å²) in [5, 5.41) is 23.4. The van der Waals surface area contributed by atoms with Crippen molar-refractivity contribution in [2.75, 3.05) is 39.4 Å². The normalized spacial score (nSPS) is 17.3. The van der Waals surface area contributed by atoms with Gasteiger partial charge in [0.15, 0.2) is 6.61 Å². The molecule has 0 radical (unpaired) electrons. The number of piperidine rings is 1. The fourth-order valence-corrected chi connectivity index (χ4v) is 5.35. The lowest BCUT2D eigenvalue weighted by molar-refractivity contribution is -0.123. The SMILES string of the molecule is O=C(COc1ccc2c(c1)C(=CCCN1CCC(O)(c3ccc(Cl)cc3)CC1)c1cccnc1CO2)NCCO. The van der Waals surface area contributed by atoms with Crippen LogP contribution in [0.3, 0.4) is 0 Å². The van der Waals surface area contributed by atoms with Gasteiger partial charge < -0.3 is 29.9 Å². The van der Waals surface area contributed by atoms with Crippen molar-refractivity contribution >= 4 is 23.1 Å². The van der Waals surface area contributed by atoms with Gasteiger partial charge in [-0.25, -0.2) is 0 Å². The van der Waals surface area contributed by atoms with Gasteiger partial charge in [-0.1, -0.05) is 35.9 Å². The molecule has 2 aliphatic rings. The summed E-state index contributed by atoms with van der Waals surface area (Å²) >= 11 is 6.03. The number of amides is 1. The van der Waals surface area contributed by atoms with Crippen LogP contribution in [-0.4, -0.2) is 65.4 Å². The van der Waals surface area contributed by atoms with Gasteiger partial charge in [0, 0.05) is 48.5 Å². The van der Waals surface area contributed by atoms with E-state index in [0.717, 1.165) is 59.8 Å². The van der Waals surface area contributed by atoms with Gasteiger partial charge >= 0.3 is 0 Å². The third kappa shape index (κ3) is 6.64. The van der Waals surface area contributed by atoms with E-state index in [-0.39, 0.29) is 25.7 Å². The van der Waals surface area contributed by atoms with Crippen molar-refractivity contribution in [2.24, 2.45) is 0 Å². The summed E-state index contributed by atoms with van der Waals surface area (Å²) < 4.78 is 11.8. The molecule has 2 aliphatic heterocycles. The monoisotopic (exact) mass is 563 g/mol. The summed E-state index contributed by atoms with van der Waals surface area (Å²) in [6, 6.07) is 17.0. The van der Waals surface area contributed by atoms with Crippen molar-refractivity contribution in [2.45, 2.75) is 31.5 Å². The molecule has 3 heterocycles. The Bertz CT molecular complexity index is 1350. The van der Waals surface area contributed by atoms with Crippen LogP contribution in [0.15, 0.2) is 66.9 Å². The third-order valence-corrected chi connectivity index (χ3v) is 7.70. The van der Waals surface area contributed by atoms with E-state index in [2.05, 4.69) is 27.3 Å². The smallest absolute Gasteiger partial charge is 0.258 e. The molecule has 3 N–H and O–H groups in total. The van der Waals surface area contributed by atoms with Crippen molar-refractivity contribution in [3.05, 3.63) is 94.3 Å². The molecule has 9 heteroatoms. The average Bonchev–Trinajstić information content (AvgIpc) is 3.13. The highest BCUT2D eigenvalue weighted by Gasteiger charge is 2.33. The van der Waals surface area contributed by atoms with Crippen molar-refractivity contribution in [3.8, 4) is 11.5 Å². The first kappa shape index (κ1) is 28.1. The predicted octanol–water partition coefficient (Wildman–Crippen LogP) is 3.92. The standard InChI is InChI=1S/C31H34ClN3O5/c32-23-7-5-22(6-8-23)31(38)11-16-35(17-12-31)15-2-4-25-26-3-1-13-33-28(26)20-40-29-10-9-24(19-27(25)29)39-21-30(37)34-14-18-36/h1,3-10,13,19,36,38H,2,11-12,14-18,20-21H2,(H,34,37). The molecule has 1 fully saturated rings.